The Hall–Kier alpha value is -2.62. The average molecular weight is 491 g/mol. The Balaban J connectivity index is 1.21. The maximum absolute atomic E-state index is 13.5. The van der Waals surface area contributed by atoms with Crippen LogP contribution < -0.4 is 0 Å². The zero-order valence-electron chi connectivity index (χ0n) is 21.7. The van der Waals surface area contributed by atoms with Gasteiger partial charge >= 0.3 is 0 Å². The second-order valence-corrected chi connectivity index (χ2v) is 10.5. The quantitative estimate of drug-likeness (QED) is 0.236. The van der Waals surface area contributed by atoms with Crippen LogP contribution in [-0.2, 0) is 0 Å². The lowest BCUT2D eigenvalue weighted by molar-refractivity contribution is 0.302. The molecule has 0 N–H and O–H groups in total. The lowest BCUT2D eigenvalue weighted by Crippen LogP contribution is -2.13. The van der Waals surface area contributed by atoms with Gasteiger partial charge in [0.25, 0.3) is 0 Å². The van der Waals surface area contributed by atoms with Crippen molar-refractivity contribution in [3.8, 4) is 22.5 Å². The summed E-state index contributed by atoms with van der Waals surface area (Å²) in [6, 6.07) is 12.5. The summed E-state index contributed by atoms with van der Waals surface area (Å²) in [5.74, 6) is 0.218. The summed E-state index contributed by atoms with van der Waals surface area (Å²) in [4.78, 5) is 8.74. The fourth-order valence-corrected chi connectivity index (χ4v) is 5.56. The fraction of sp³-hybridized carbons (Fsp3) is 0.500. The molecule has 0 bridgehead atoms. The van der Waals surface area contributed by atoms with E-state index in [9.17, 15) is 8.78 Å². The molecule has 2 nitrogen and oxygen atoms in total. The zero-order valence-corrected chi connectivity index (χ0v) is 21.7. The van der Waals surface area contributed by atoms with Crippen LogP contribution in [0.5, 0.6) is 0 Å². The highest BCUT2D eigenvalue weighted by atomic mass is 19.2. The van der Waals surface area contributed by atoms with Crippen LogP contribution in [0.1, 0.15) is 102 Å². The van der Waals surface area contributed by atoms with Crippen molar-refractivity contribution in [2.75, 3.05) is 0 Å². The van der Waals surface area contributed by atoms with E-state index in [-0.39, 0.29) is 0 Å². The van der Waals surface area contributed by atoms with Crippen LogP contribution in [0.15, 0.2) is 54.9 Å². The van der Waals surface area contributed by atoms with Gasteiger partial charge in [0.05, 0.1) is 0 Å². The van der Waals surface area contributed by atoms with Crippen molar-refractivity contribution in [1.29, 1.82) is 0 Å². The summed E-state index contributed by atoms with van der Waals surface area (Å²) in [7, 11) is 0. The van der Waals surface area contributed by atoms with Gasteiger partial charge in [0.2, 0.25) is 0 Å². The van der Waals surface area contributed by atoms with E-state index in [1.54, 1.807) is 12.4 Å². The van der Waals surface area contributed by atoms with Gasteiger partial charge in [-0.05, 0) is 66.8 Å². The summed E-state index contributed by atoms with van der Waals surface area (Å²) in [6.07, 6.45) is 21.5. The van der Waals surface area contributed by atoms with E-state index >= 15 is 0 Å². The lowest BCUT2D eigenvalue weighted by Gasteiger charge is -2.29. The van der Waals surface area contributed by atoms with Crippen molar-refractivity contribution < 1.29 is 8.78 Å². The second kappa shape index (κ2) is 13.6. The summed E-state index contributed by atoms with van der Waals surface area (Å²) in [6.45, 7) is 2.28. The first kappa shape index (κ1) is 26.4. The third-order valence-corrected chi connectivity index (χ3v) is 7.86. The van der Waals surface area contributed by atoms with E-state index in [0.717, 1.165) is 29.2 Å². The van der Waals surface area contributed by atoms with E-state index in [2.05, 4.69) is 41.2 Å². The molecule has 1 aliphatic rings. The standard InChI is InChI=1S/C32H40F2N2/c1-2-3-4-5-6-7-8-9-10-24-11-13-25(14-12-24)26-15-17-27(18-16-26)29-22-35-32(36-23-29)28-19-20-30(33)31(34)21-28/h15-25H,2-14H2,1H3/t24-,25-. The minimum atomic E-state index is -0.891. The molecule has 0 saturated heterocycles. The van der Waals surface area contributed by atoms with E-state index < -0.39 is 11.6 Å². The molecule has 0 spiro atoms. The van der Waals surface area contributed by atoms with Gasteiger partial charge in [-0.3, -0.25) is 0 Å². The Bertz CT molecular complexity index is 1050. The van der Waals surface area contributed by atoms with E-state index in [1.807, 2.05) is 0 Å². The molecule has 1 fully saturated rings. The van der Waals surface area contributed by atoms with Crippen LogP contribution in [0.4, 0.5) is 8.78 Å². The molecule has 0 radical (unpaired) electrons. The highest BCUT2D eigenvalue weighted by molar-refractivity contribution is 5.64. The second-order valence-electron chi connectivity index (χ2n) is 10.5. The van der Waals surface area contributed by atoms with Crippen LogP contribution in [0, 0.1) is 17.6 Å². The van der Waals surface area contributed by atoms with Gasteiger partial charge in [-0.25, -0.2) is 18.7 Å². The molecule has 0 atom stereocenters. The number of nitrogens with zero attached hydrogens (tertiary/aromatic N) is 2. The van der Waals surface area contributed by atoms with Crippen molar-refractivity contribution in [2.24, 2.45) is 5.92 Å². The van der Waals surface area contributed by atoms with Crippen molar-refractivity contribution in [1.82, 2.24) is 9.97 Å². The number of rotatable bonds is 12. The average Bonchev–Trinajstić information content (AvgIpc) is 2.92. The molecule has 3 aromatic rings. The maximum atomic E-state index is 13.5. The first-order valence-electron chi connectivity index (χ1n) is 14.0. The van der Waals surface area contributed by atoms with E-state index in [0.29, 0.717) is 17.3 Å². The predicted molar refractivity (Wildman–Crippen MR) is 145 cm³/mol. The van der Waals surface area contributed by atoms with Crippen LogP contribution in [0.25, 0.3) is 22.5 Å². The third-order valence-electron chi connectivity index (χ3n) is 7.86. The molecular weight excluding hydrogens is 450 g/mol. The molecule has 1 aliphatic carbocycles. The molecule has 1 saturated carbocycles. The summed E-state index contributed by atoms with van der Waals surface area (Å²) in [5, 5.41) is 0. The van der Waals surface area contributed by atoms with Crippen molar-refractivity contribution in [2.45, 2.75) is 96.3 Å². The van der Waals surface area contributed by atoms with Crippen LogP contribution in [-0.4, -0.2) is 9.97 Å². The van der Waals surface area contributed by atoms with Crippen LogP contribution in [0.2, 0.25) is 0 Å². The van der Waals surface area contributed by atoms with Gasteiger partial charge in [0.1, 0.15) is 0 Å². The Kier molecular flexibility index (Phi) is 10.0. The van der Waals surface area contributed by atoms with Gasteiger partial charge in [-0.2, -0.15) is 0 Å². The highest BCUT2D eigenvalue weighted by Crippen LogP contribution is 2.38. The lowest BCUT2D eigenvalue weighted by atomic mass is 9.77. The van der Waals surface area contributed by atoms with Gasteiger partial charge in [-0.1, -0.05) is 89.0 Å². The van der Waals surface area contributed by atoms with Gasteiger partial charge in [-0.15, -0.1) is 0 Å². The molecule has 0 unspecified atom stereocenters. The zero-order chi connectivity index (χ0) is 25.2. The van der Waals surface area contributed by atoms with Crippen molar-refractivity contribution >= 4 is 0 Å². The number of unbranched alkanes of at least 4 members (excludes halogenated alkanes) is 7. The smallest absolute Gasteiger partial charge is 0.159 e. The monoisotopic (exact) mass is 490 g/mol. The number of halogens is 2. The Morgan fingerprint density at radius 3 is 1.92 bits per heavy atom. The topological polar surface area (TPSA) is 25.8 Å². The molecule has 4 heteroatoms. The molecule has 0 amide bonds. The fourth-order valence-electron chi connectivity index (χ4n) is 5.56. The predicted octanol–water partition coefficient (Wildman–Crippen LogP) is 9.89. The molecular formula is C32H40F2N2. The number of aromatic nitrogens is 2. The van der Waals surface area contributed by atoms with E-state index in [1.165, 1.54) is 95.1 Å². The molecule has 36 heavy (non-hydrogen) atoms. The van der Waals surface area contributed by atoms with Crippen LogP contribution >= 0.6 is 0 Å². The van der Waals surface area contributed by atoms with Crippen molar-refractivity contribution in [3.05, 3.63) is 72.1 Å². The number of benzene rings is 2. The SMILES string of the molecule is CCCCCCCCCC[C@H]1CC[C@H](c2ccc(-c3cnc(-c4ccc(F)c(F)c4)nc3)cc2)CC1. The van der Waals surface area contributed by atoms with Crippen LogP contribution in [0.3, 0.4) is 0 Å². The minimum absolute atomic E-state index is 0.387. The number of hydrogen-bond donors (Lipinski definition) is 0. The Morgan fingerprint density at radius 1 is 0.667 bits per heavy atom. The molecule has 4 rings (SSSR count). The minimum Gasteiger partial charge on any atom is -0.236 e. The van der Waals surface area contributed by atoms with Crippen molar-refractivity contribution in [3.63, 3.8) is 0 Å². The largest absolute Gasteiger partial charge is 0.236 e. The van der Waals surface area contributed by atoms with Gasteiger partial charge in [0.15, 0.2) is 17.5 Å². The van der Waals surface area contributed by atoms with E-state index in [4.69, 9.17) is 0 Å². The summed E-state index contributed by atoms with van der Waals surface area (Å²) < 4.78 is 26.7. The van der Waals surface area contributed by atoms with Gasteiger partial charge in [0, 0.05) is 23.5 Å². The molecule has 0 aliphatic heterocycles. The molecule has 192 valence electrons. The molecule has 1 aromatic heterocycles. The summed E-state index contributed by atoms with van der Waals surface area (Å²) in [5.41, 5.74) is 3.89. The first-order chi connectivity index (χ1) is 17.6. The molecule has 1 heterocycles. The Morgan fingerprint density at radius 2 is 1.28 bits per heavy atom. The summed E-state index contributed by atoms with van der Waals surface area (Å²) >= 11 is 0. The van der Waals surface area contributed by atoms with Gasteiger partial charge < -0.3 is 0 Å². The Labute approximate surface area is 215 Å². The first-order valence-corrected chi connectivity index (χ1v) is 14.0. The maximum Gasteiger partial charge on any atom is 0.159 e. The third kappa shape index (κ3) is 7.44. The molecule has 2 aromatic carbocycles. The number of hydrogen-bond acceptors (Lipinski definition) is 2. The normalized spacial score (nSPS) is 17.9. The highest BCUT2D eigenvalue weighted by Gasteiger charge is 2.22.